The van der Waals surface area contributed by atoms with Crippen molar-refractivity contribution in [1.29, 1.82) is 0 Å². The Hall–Kier alpha value is -0.810. The molecule has 1 aromatic rings. The number of ether oxygens (including phenoxy) is 1. The molecule has 2 rings (SSSR count). The van der Waals surface area contributed by atoms with E-state index in [2.05, 4.69) is 20.9 Å². The molecule has 0 radical (unpaired) electrons. The molecule has 92 valence electrons. The van der Waals surface area contributed by atoms with Gasteiger partial charge >= 0.3 is 0 Å². The summed E-state index contributed by atoms with van der Waals surface area (Å²) in [6, 6.07) is 1.73. The summed E-state index contributed by atoms with van der Waals surface area (Å²) in [6.07, 6.45) is 2.21. The predicted molar refractivity (Wildman–Crippen MR) is 68.7 cm³/mol. The minimum atomic E-state index is -0.101. The number of halogens is 2. The van der Waals surface area contributed by atoms with Crippen molar-refractivity contribution < 1.29 is 9.53 Å². The number of pyridine rings is 1. The Morgan fingerprint density at radius 3 is 3.18 bits per heavy atom. The third-order valence-corrected chi connectivity index (χ3v) is 3.23. The highest BCUT2D eigenvalue weighted by molar-refractivity contribution is 9.10. The van der Waals surface area contributed by atoms with Crippen LogP contribution in [0.3, 0.4) is 0 Å². The highest BCUT2D eigenvalue weighted by Crippen LogP contribution is 2.25. The van der Waals surface area contributed by atoms with Crippen LogP contribution in [0.25, 0.3) is 0 Å². The summed E-state index contributed by atoms with van der Waals surface area (Å²) < 4.78 is 6.48. The summed E-state index contributed by atoms with van der Waals surface area (Å²) in [6.45, 7) is 0.527. The molecule has 0 saturated carbocycles. The van der Waals surface area contributed by atoms with Crippen LogP contribution in [0.2, 0.25) is 0 Å². The second-order valence-electron chi connectivity index (χ2n) is 3.91. The van der Waals surface area contributed by atoms with Gasteiger partial charge in [0.15, 0.2) is 0 Å². The third-order valence-electron chi connectivity index (χ3n) is 2.58. The largest absolute Gasteiger partial charge is 0.472 e. The number of hydrogen-bond donors (Lipinski definition) is 0. The first-order valence-electron chi connectivity index (χ1n) is 5.25. The van der Waals surface area contributed by atoms with Gasteiger partial charge in [-0.15, -0.1) is 11.6 Å². The second-order valence-corrected chi connectivity index (χ2v) is 5.20. The molecule has 4 nitrogen and oxygen atoms in total. The first-order valence-corrected chi connectivity index (χ1v) is 6.58. The zero-order valence-electron chi connectivity index (χ0n) is 9.32. The van der Waals surface area contributed by atoms with E-state index >= 15 is 0 Å². The van der Waals surface area contributed by atoms with Crippen LogP contribution in [0.1, 0.15) is 16.8 Å². The van der Waals surface area contributed by atoms with E-state index in [1.54, 1.807) is 24.2 Å². The highest BCUT2D eigenvalue weighted by atomic mass is 79.9. The van der Waals surface area contributed by atoms with Gasteiger partial charge in [0, 0.05) is 23.6 Å². The van der Waals surface area contributed by atoms with E-state index < -0.39 is 0 Å². The molecule has 1 aliphatic rings. The fourth-order valence-electron chi connectivity index (χ4n) is 1.73. The number of likely N-dealkylation sites (N-methyl/N-ethyl adjacent to an activating group) is 1. The summed E-state index contributed by atoms with van der Waals surface area (Å²) in [4.78, 5) is 17.9. The molecule has 1 amide bonds. The van der Waals surface area contributed by atoms with Gasteiger partial charge in [-0.3, -0.25) is 4.79 Å². The Labute approximate surface area is 113 Å². The molecule has 1 aliphatic heterocycles. The zero-order chi connectivity index (χ0) is 12.4. The summed E-state index contributed by atoms with van der Waals surface area (Å²) >= 11 is 9.01. The second kappa shape index (κ2) is 5.23. The lowest BCUT2D eigenvalue weighted by Crippen LogP contribution is -2.34. The average molecular weight is 320 g/mol. The van der Waals surface area contributed by atoms with Crippen molar-refractivity contribution >= 4 is 33.4 Å². The topological polar surface area (TPSA) is 42.4 Å². The number of carbonyl (C=O) groups is 1. The molecule has 1 aromatic heterocycles. The molecule has 0 aromatic carbocycles. The van der Waals surface area contributed by atoms with Crippen LogP contribution in [-0.4, -0.2) is 41.4 Å². The van der Waals surface area contributed by atoms with Crippen molar-refractivity contribution in [3.05, 3.63) is 22.3 Å². The number of nitrogens with zero attached hydrogens (tertiary/aromatic N) is 2. The Morgan fingerprint density at radius 2 is 2.47 bits per heavy atom. The molecule has 0 saturated heterocycles. The lowest BCUT2D eigenvalue weighted by Gasteiger charge is -2.19. The minimum Gasteiger partial charge on any atom is -0.472 e. The van der Waals surface area contributed by atoms with Gasteiger partial charge in [0.05, 0.1) is 6.54 Å². The van der Waals surface area contributed by atoms with Gasteiger partial charge in [0.25, 0.3) is 5.91 Å². The first-order chi connectivity index (χ1) is 8.11. The van der Waals surface area contributed by atoms with Gasteiger partial charge in [0.1, 0.15) is 11.7 Å². The van der Waals surface area contributed by atoms with Gasteiger partial charge in [-0.2, -0.15) is 0 Å². The Morgan fingerprint density at radius 1 is 1.71 bits per heavy atom. The van der Waals surface area contributed by atoms with Crippen molar-refractivity contribution in [2.75, 3.05) is 19.5 Å². The minimum absolute atomic E-state index is 0.0779. The van der Waals surface area contributed by atoms with Crippen LogP contribution >= 0.6 is 27.5 Å². The molecule has 0 fully saturated rings. The molecule has 0 aliphatic carbocycles. The molecule has 1 unspecified atom stereocenters. The van der Waals surface area contributed by atoms with Crippen LogP contribution in [-0.2, 0) is 0 Å². The molecular weight excluding hydrogens is 307 g/mol. The number of alkyl halides is 1. The third kappa shape index (κ3) is 2.72. The maximum Gasteiger partial charge on any atom is 0.259 e. The molecule has 2 heterocycles. The van der Waals surface area contributed by atoms with Crippen molar-refractivity contribution in [3.8, 4) is 5.88 Å². The molecule has 0 N–H and O–H groups in total. The number of fused-ring (bicyclic) bond motifs is 1. The molecule has 6 heteroatoms. The molecule has 0 spiro atoms. The number of aromatic nitrogens is 1. The molecule has 0 bridgehead atoms. The van der Waals surface area contributed by atoms with Crippen LogP contribution in [0.15, 0.2) is 16.7 Å². The Kier molecular flexibility index (Phi) is 3.89. The molecular formula is C11H12BrClN2O2. The van der Waals surface area contributed by atoms with Gasteiger partial charge < -0.3 is 9.64 Å². The van der Waals surface area contributed by atoms with Crippen molar-refractivity contribution in [2.45, 2.75) is 12.5 Å². The maximum atomic E-state index is 12.1. The van der Waals surface area contributed by atoms with Gasteiger partial charge in [-0.05, 0) is 28.4 Å². The van der Waals surface area contributed by atoms with Gasteiger partial charge in [-0.25, -0.2) is 4.98 Å². The number of rotatable bonds is 2. The maximum absolute atomic E-state index is 12.1. The number of amides is 1. The smallest absolute Gasteiger partial charge is 0.259 e. The van der Waals surface area contributed by atoms with Crippen molar-refractivity contribution in [3.63, 3.8) is 0 Å². The van der Waals surface area contributed by atoms with Crippen LogP contribution in [0, 0.1) is 0 Å². The summed E-state index contributed by atoms with van der Waals surface area (Å²) in [5, 5.41) is 0. The van der Waals surface area contributed by atoms with E-state index in [9.17, 15) is 4.79 Å². The van der Waals surface area contributed by atoms with Gasteiger partial charge in [-0.1, -0.05) is 0 Å². The first kappa shape index (κ1) is 12.6. The Balaban J connectivity index is 2.37. The standard InChI is InChI=1S/C11H12BrClN2O2/c1-15-6-8(2-3-13)17-10-9(11(15)16)4-7(12)5-14-10/h4-5,8H,2-3,6H2,1H3. The molecule has 17 heavy (non-hydrogen) atoms. The van der Waals surface area contributed by atoms with E-state index in [-0.39, 0.29) is 12.0 Å². The monoisotopic (exact) mass is 318 g/mol. The SMILES string of the molecule is CN1CC(CCCl)Oc2ncc(Br)cc2C1=O. The fraction of sp³-hybridized carbons (Fsp3) is 0.455. The fourth-order valence-corrected chi connectivity index (χ4v) is 2.31. The summed E-state index contributed by atoms with van der Waals surface area (Å²) in [5.41, 5.74) is 0.485. The zero-order valence-corrected chi connectivity index (χ0v) is 11.7. The van der Waals surface area contributed by atoms with E-state index in [0.717, 1.165) is 4.47 Å². The lowest BCUT2D eigenvalue weighted by molar-refractivity contribution is 0.0758. The van der Waals surface area contributed by atoms with Crippen molar-refractivity contribution in [1.82, 2.24) is 9.88 Å². The normalized spacial score (nSPS) is 19.6. The van der Waals surface area contributed by atoms with Crippen LogP contribution in [0.5, 0.6) is 5.88 Å². The van der Waals surface area contributed by atoms with E-state index in [4.69, 9.17) is 16.3 Å². The van der Waals surface area contributed by atoms with Gasteiger partial charge in [0.2, 0.25) is 5.88 Å². The van der Waals surface area contributed by atoms with E-state index in [1.807, 2.05) is 0 Å². The quantitative estimate of drug-likeness (QED) is 0.786. The number of hydrogen-bond acceptors (Lipinski definition) is 3. The summed E-state index contributed by atoms with van der Waals surface area (Å²) in [5.74, 6) is 0.807. The highest BCUT2D eigenvalue weighted by Gasteiger charge is 2.27. The van der Waals surface area contributed by atoms with E-state index in [0.29, 0.717) is 30.3 Å². The predicted octanol–water partition coefficient (Wildman–Crippen LogP) is 2.31. The van der Waals surface area contributed by atoms with E-state index in [1.165, 1.54) is 0 Å². The lowest BCUT2D eigenvalue weighted by atomic mass is 10.2. The number of carbonyl (C=O) groups excluding carboxylic acids is 1. The Bertz CT molecular complexity index is 441. The van der Waals surface area contributed by atoms with Crippen molar-refractivity contribution in [2.24, 2.45) is 0 Å². The van der Waals surface area contributed by atoms with Crippen LogP contribution < -0.4 is 4.74 Å². The summed E-state index contributed by atoms with van der Waals surface area (Å²) in [7, 11) is 1.75. The average Bonchev–Trinajstić information content (AvgIpc) is 2.40. The molecule has 1 atom stereocenters. The van der Waals surface area contributed by atoms with Crippen LogP contribution in [0.4, 0.5) is 0 Å².